The van der Waals surface area contributed by atoms with Crippen molar-refractivity contribution in [2.24, 2.45) is 0 Å². The number of carbonyl (C=O) groups excluding carboxylic acids is 1. The zero-order chi connectivity index (χ0) is 16.5. The molecule has 0 aliphatic carbocycles. The van der Waals surface area contributed by atoms with Crippen molar-refractivity contribution in [1.82, 2.24) is 5.32 Å². The quantitative estimate of drug-likeness (QED) is 0.835. The summed E-state index contributed by atoms with van der Waals surface area (Å²) in [5, 5.41) is 2.27. The number of nitrogens with zero attached hydrogens (tertiary/aromatic N) is 1. The molecule has 0 saturated carbocycles. The van der Waals surface area contributed by atoms with Gasteiger partial charge < -0.3 is 10.1 Å². The first-order chi connectivity index (χ1) is 10.3. The van der Waals surface area contributed by atoms with Crippen molar-refractivity contribution < 1.29 is 17.9 Å². The number of hydrogen-bond acceptors (Lipinski definition) is 5. The van der Waals surface area contributed by atoms with Crippen LogP contribution in [0.25, 0.3) is 0 Å². The zero-order valence-corrected chi connectivity index (χ0v) is 14.1. The number of nitrogens with one attached hydrogen (secondary N) is 1. The predicted octanol–water partition coefficient (Wildman–Crippen LogP) is 0.973. The van der Waals surface area contributed by atoms with E-state index < -0.39 is 27.3 Å². The van der Waals surface area contributed by atoms with Crippen LogP contribution in [0, 0.1) is 13.8 Å². The number of rotatable bonds is 4. The van der Waals surface area contributed by atoms with Gasteiger partial charge in [-0.2, -0.15) is 0 Å². The van der Waals surface area contributed by atoms with Crippen LogP contribution in [0.15, 0.2) is 18.2 Å². The first-order valence-electron chi connectivity index (χ1n) is 7.13. The van der Waals surface area contributed by atoms with E-state index in [1.165, 1.54) is 11.4 Å². The summed E-state index contributed by atoms with van der Waals surface area (Å²) in [7, 11) is -0.688. The van der Waals surface area contributed by atoms with Gasteiger partial charge in [-0.05, 0) is 43.5 Å². The average molecular weight is 326 g/mol. The second kappa shape index (κ2) is 6.26. The molecule has 6 nitrogen and oxygen atoms in total. The highest BCUT2D eigenvalue weighted by atomic mass is 32.2. The first-order valence-corrected chi connectivity index (χ1v) is 8.64. The van der Waals surface area contributed by atoms with Crippen LogP contribution in [0.5, 0.6) is 0 Å². The maximum atomic E-state index is 12.7. The third-order valence-electron chi connectivity index (χ3n) is 4.23. The lowest BCUT2D eigenvalue weighted by molar-refractivity contribution is -0.142. The topological polar surface area (TPSA) is 75.7 Å². The van der Waals surface area contributed by atoms with E-state index in [9.17, 15) is 13.2 Å². The molecule has 7 heteroatoms. The van der Waals surface area contributed by atoms with Crippen molar-refractivity contribution in [3.63, 3.8) is 0 Å². The van der Waals surface area contributed by atoms with Crippen molar-refractivity contribution >= 4 is 21.7 Å². The molecule has 2 rings (SSSR count). The summed E-state index contributed by atoms with van der Waals surface area (Å²) >= 11 is 0. The number of ether oxygens (including phenoxy) is 1. The molecule has 0 radical (unpaired) electrons. The lowest BCUT2D eigenvalue weighted by Crippen LogP contribution is -2.37. The highest BCUT2D eigenvalue weighted by Crippen LogP contribution is 2.25. The van der Waals surface area contributed by atoms with Crippen LogP contribution >= 0.6 is 0 Å². The van der Waals surface area contributed by atoms with Crippen LogP contribution in [-0.2, 0) is 19.6 Å². The van der Waals surface area contributed by atoms with Gasteiger partial charge in [0.05, 0.1) is 18.0 Å². The van der Waals surface area contributed by atoms with Gasteiger partial charge in [-0.3, -0.25) is 9.10 Å². The normalized spacial score (nSPS) is 21.6. The Hall–Kier alpha value is -1.60. The molecule has 1 aliphatic rings. The van der Waals surface area contributed by atoms with Crippen LogP contribution in [-0.4, -0.2) is 46.4 Å². The molecule has 122 valence electrons. The summed E-state index contributed by atoms with van der Waals surface area (Å²) in [5.74, 6) is -0.425. The van der Waals surface area contributed by atoms with Crippen molar-refractivity contribution in [3.05, 3.63) is 29.3 Å². The Kier molecular flexibility index (Phi) is 4.77. The lowest BCUT2D eigenvalue weighted by atomic mass is 10.1. The van der Waals surface area contributed by atoms with E-state index in [-0.39, 0.29) is 13.0 Å². The predicted molar refractivity (Wildman–Crippen MR) is 85.5 cm³/mol. The first kappa shape index (κ1) is 16.8. The van der Waals surface area contributed by atoms with E-state index in [1.807, 2.05) is 26.0 Å². The maximum Gasteiger partial charge on any atom is 0.322 e. The van der Waals surface area contributed by atoms with Crippen LogP contribution in [0.2, 0.25) is 0 Å². The van der Waals surface area contributed by atoms with Gasteiger partial charge in [-0.15, -0.1) is 0 Å². The Morgan fingerprint density at radius 1 is 1.32 bits per heavy atom. The molecule has 0 spiro atoms. The van der Waals surface area contributed by atoms with Gasteiger partial charge in [0.2, 0.25) is 10.0 Å². The number of benzene rings is 1. The average Bonchev–Trinajstić information content (AvgIpc) is 2.99. The zero-order valence-electron chi connectivity index (χ0n) is 13.3. The largest absolute Gasteiger partial charge is 0.468 e. The SMILES string of the molecule is COC(=O)C1CC(S(=O)(=O)N(C)c2ccc(C)c(C)c2)CN1. The van der Waals surface area contributed by atoms with Crippen molar-refractivity contribution in [2.75, 3.05) is 25.0 Å². The monoisotopic (exact) mass is 326 g/mol. The van der Waals surface area contributed by atoms with Crippen molar-refractivity contribution in [1.29, 1.82) is 0 Å². The second-order valence-electron chi connectivity index (χ2n) is 5.62. The fourth-order valence-corrected chi connectivity index (χ4v) is 4.14. The molecule has 1 fully saturated rings. The van der Waals surface area contributed by atoms with Crippen molar-refractivity contribution in [3.8, 4) is 0 Å². The Bertz CT molecular complexity index is 672. The van der Waals surface area contributed by atoms with Gasteiger partial charge in [-0.25, -0.2) is 8.42 Å². The summed E-state index contributed by atoms with van der Waals surface area (Å²) in [6.45, 7) is 4.18. The number of aryl methyl sites for hydroxylation is 2. The summed E-state index contributed by atoms with van der Waals surface area (Å²) in [5.41, 5.74) is 2.78. The molecular weight excluding hydrogens is 304 g/mol. The minimum Gasteiger partial charge on any atom is -0.468 e. The molecule has 1 N–H and O–H groups in total. The lowest BCUT2D eigenvalue weighted by Gasteiger charge is -2.23. The van der Waals surface area contributed by atoms with Crippen molar-refractivity contribution in [2.45, 2.75) is 31.6 Å². The molecule has 1 heterocycles. The summed E-state index contributed by atoms with van der Waals surface area (Å²) < 4.78 is 31.4. The highest BCUT2D eigenvalue weighted by Gasteiger charge is 2.39. The number of sulfonamides is 1. The van der Waals surface area contributed by atoms with E-state index in [0.29, 0.717) is 5.69 Å². The Morgan fingerprint density at radius 2 is 2.00 bits per heavy atom. The molecule has 0 bridgehead atoms. The fraction of sp³-hybridized carbons (Fsp3) is 0.533. The minimum absolute atomic E-state index is 0.226. The smallest absolute Gasteiger partial charge is 0.322 e. The Balaban J connectivity index is 2.19. The number of anilines is 1. The molecule has 22 heavy (non-hydrogen) atoms. The van der Waals surface area contributed by atoms with E-state index in [1.54, 1.807) is 13.1 Å². The maximum absolute atomic E-state index is 12.7. The van der Waals surface area contributed by atoms with Crippen LogP contribution < -0.4 is 9.62 Å². The molecule has 0 aromatic heterocycles. The number of hydrogen-bond donors (Lipinski definition) is 1. The Morgan fingerprint density at radius 3 is 2.59 bits per heavy atom. The van der Waals surface area contributed by atoms with E-state index in [4.69, 9.17) is 0 Å². The molecule has 1 saturated heterocycles. The summed E-state index contributed by atoms with van der Waals surface area (Å²) in [6, 6.07) is 4.99. The number of methoxy groups -OCH3 is 1. The van der Waals surface area contributed by atoms with E-state index in [0.717, 1.165) is 11.1 Å². The molecule has 2 atom stereocenters. The Labute approximate surface area is 131 Å². The number of carbonyl (C=O) groups is 1. The van der Waals surface area contributed by atoms with Gasteiger partial charge in [0.1, 0.15) is 6.04 Å². The standard InChI is InChI=1S/C15H22N2O4S/c1-10-5-6-12(7-11(10)2)17(3)22(19,20)13-8-14(16-9-13)15(18)21-4/h5-7,13-14,16H,8-9H2,1-4H3. The van der Waals surface area contributed by atoms with Gasteiger partial charge in [-0.1, -0.05) is 6.07 Å². The van der Waals surface area contributed by atoms with Crippen LogP contribution in [0.4, 0.5) is 5.69 Å². The molecule has 1 aromatic rings. The number of esters is 1. The van der Waals surface area contributed by atoms with Crippen LogP contribution in [0.1, 0.15) is 17.5 Å². The van der Waals surface area contributed by atoms with E-state index in [2.05, 4.69) is 10.1 Å². The van der Waals surface area contributed by atoms with Gasteiger partial charge in [0.15, 0.2) is 0 Å². The third-order valence-corrected chi connectivity index (χ3v) is 6.41. The molecule has 0 amide bonds. The molecule has 1 aliphatic heterocycles. The highest BCUT2D eigenvalue weighted by molar-refractivity contribution is 7.93. The van der Waals surface area contributed by atoms with Gasteiger partial charge in [0.25, 0.3) is 0 Å². The van der Waals surface area contributed by atoms with Crippen LogP contribution in [0.3, 0.4) is 0 Å². The minimum atomic E-state index is -3.53. The molecule has 2 unspecified atom stereocenters. The summed E-state index contributed by atoms with van der Waals surface area (Å²) in [4.78, 5) is 11.5. The van der Waals surface area contributed by atoms with E-state index >= 15 is 0 Å². The molecule has 1 aromatic carbocycles. The molecular formula is C15H22N2O4S. The fourth-order valence-electron chi connectivity index (χ4n) is 2.54. The third kappa shape index (κ3) is 3.10. The second-order valence-corrected chi connectivity index (χ2v) is 7.87. The van der Waals surface area contributed by atoms with Gasteiger partial charge >= 0.3 is 5.97 Å². The summed E-state index contributed by atoms with van der Waals surface area (Å²) in [6.07, 6.45) is 0.226. The van der Waals surface area contributed by atoms with Gasteiger partial charge in [0, 0.05) is 13.6 Å².